The lowest BCUT2D eigenvalue weighted by Gasteiger charge is -2.23. The second-order valence-electron chi connectivity index (χ2n) is 6.33. The Bertz CT molecular complexity index is 977. The van der Waals surface area contributed by atoms with E-state index in [0.29, 0.717) is 13.2 Å². The minimum atomic E-state index is -0.414. The predicted molar refractivity (Wildman–Crippen MR) is 106 cm³/mol. The molecule has 142 valence electrons. The number of morpholine rings is 1. The van der Waals surface area contributed by atoms with E-state index in [1.807, 2.05) is 47.8 Å². The van der Waals surface area contributed by atoms with E-state index in [2.05, 4.69) is 5.10 Å². The van der Waals surface area contributed by atoms with Crippen LogP contribution in [0.15, 0.2) is 65.9 Å². The van der Waals surface area contributed by atoms with Crippen LogP contribution in [0.2, 0.25) is 0 Å². The maximum absolute atomic E-state index is 10.9. The van der Waals surface area contributed by atoms with Crippen LogP contribution >= 0.6 is 0 Å². The summed E-state index contributed by atoms with van der Waals surface area (Å²) in [6.45, 7) is 2.86. The Labute approximate surface area is 161 Å². The summed E-state index contributed by atoms with van der Waals surface area (Å²) in [6, 6.07) is 16.2. The molecule has 1 fully saturated rings. The van der Waals surface area contributed by atoms with E-state index in [-0.39, 0.29) is 5.69 Å². The van der Waals surface area contributed by atoms with E-state index >= 15 is 0 Å². The van der Waals surface area contributed by atoms with Crippen LogP contribution < -0.4 is 0 Å². The van der Waals surface area contributed by atoms with Crippen LogP contribution in [-0.4, -0.2) is 52.2 Å². The lowest BCUT2D eigenvalue weighted by molar-refractivity contribution is -0.384. The van der Waals surface area contributed by atoms with Gasteiger partial charge in [-0.3, -0.25) is 15.1 Å². The third-order valence-electron chi connectivity index (χ3n) is 4.46. The second-order valence-corrected chi connectivity index (χ2v) is 6.33. The molecule has 1 aliphatic heterocycles. The summed E-state index contributed by atoms with van der Waals surface area (Å²) in [5.41, 5.74) is 3.45. The number of nitro groups is 1. The third-order valence-corrected chi connectivity index (χ3v) is 4.46. The number of rotatable bonds is 5. The van der Waals surface area contributed by atoms with Gasteiger partial charge in [0, 0.05) is 29.5 Å². The molecule has 28 heavy (non-hydrogen) atoms. The van der Waals surface area contributed by atoms with Gasteiger partial charge >= 0.3 is 0 Å². The Hall–Kier alpha value is -3.52. The first-order chi connectivity index (χ1) is 13.7. The summed E-state index contributed by atoms with van der Waals surface area (Å²) in [7, 11) is 0. The molecule has 4 rings (SSSR count). The van der Waals surface area contributed by atoms with Gasteiger partial charge in [0.1, 0.15) is 5.69 Å². The maximum atomic E-state index is 10.9. The van der Waals surface area contributed by atoms with Crippen molar-refractivity contribution in [3.8, 4) is 16.9 Å². The fourth-order valence-electron chi connectivity index (χ4n) is 2.97. The average Bonchev–Trinajstić information content (AvgIpc) is 3.18. The topological polar surface area (TPSA) is 85.8 Å². The molecule has 1 aliphatic rings. The highest BCUT2D eigenvalue weighted by atomic mass is 16.6. The Balaban J connectivity index is 1.69. The quantitative estimate of drug-likeness (QED) is 0.387. The van der Waals surface area contributed by atoms with Crippen LogP contribution in [0.4, 0.5) is 5.69 Å². The monoisotopic (exact) mass is 377 g/mol. The minimum Gasteiger partial charge on any atom is -0.378 e. The molecule has 0 aliphatic carbocycles. The van der Waals surface area contributed by atoms with Crippen molar-refractivity contribution in [2.45, 2.75) is 0 Å². The molecule has 0 radical (unpaired) electrons. The van der Waals surface area contributed by atoms with Gasteiger partial charge in [0.2, 0.25) is 0 Å². The molecule has 1 saturated heterocycles. The van der Waals surface area contributed by atoms with Crippen molar-refractivity contribution in [1.82, 2.24) is 14.8 Å². The van der Waals surface area contributed by atoms with E-state index < -0.39 is 4.92 Å². The van der Waals surface area contributed by atoms with Crippen LogP contribution in [-0.2, 0) is 4.74 Å². The number of non-ortho nitro benzene ring substituents is 1. The highest BCUT2D eigenvalue weighted by Gasteiger charge is 2.13. The number of hydrogen-bond acceptors (Lipinski definition) is 6. The third kappa shape index (κ3) is 3.91. The number of nitrogens with zero attached hydrogens (tertiary/aromatic N) is 5. The number of hydrogen-bond donors (Lipinski definition) is 0. The highest BCUT2D eigenvalue weighted by Crippen LogP contribution is 2.23. The summed E-state index contributed by atoms with van der Waals surface area (Å²) in [5.74, 6) is 0. The van der Waals surface area contributed by atoms with E-state index in [4.69, 9.17) is 9.84 Å². The summed E-state index contributed by atoms with van der Waals surface area (Å²) in [6.07, 6.45) is 3.69. The molecule has 3 aromatic rings. The minimum absolute atomic E-state index is 0.0493. The molecular weight excluding hydrogens is 358 g/mol. The summed E-state index contributed by atoms with van der Waals surface area (Å²) < 4.78 is 7.07. The zero-order valence-corrected chi connectivity index (χ0v) is 15.1. The Morgan fingerprint density at radius 3 is 2.46 bits per heavy atom. The zero-order chi connectivity index (χ0) is 19.3. The normalized spacial score (nSPS) is 14.5. The fraction of sp³-hybridized carbons (Fsp3) is 0.200. The van der Waals surface area contributed by atoms with Gasteiger partial charge in [-0.05, 0) is 12.1 Å². The Morgan fingerprint density at radius 1 is 1.07 bits per heavy atom. The van der Waals surface area contributed by atoms with E-state index in [9.17, 15) is 10.1 Å². The summed E-state index contributed by atoms with van der Waals surface area (Å²) in [5, 5.41) is 22.1. The zero-order valence-electron chi connectivity index (χ0n) is 15.1. The predicted octanol–water partition coefficient (Wildman–Crippen LogP) is 3.11. The molecule has 0 saturated carbocycles. The molecule has 2 heterocycles. The van der Waals surface area contributed by atoms with Crippen molar-refractivity contribution in [2.24, 2.45) is 5.10 Å². The fourth-order valence-corrected chi connectivity index (χ4v) is 2.97. The van der Waals surface area contributed by atoms with Crippen molar-refractivity contribution in [2.75, 3.05) is 26.3 Å². The number of aromatic nitrogens is 2. The van der Waals surface area contributed by atoms with Gasteiger partial charge in [0.05, 0.1) is 43.1 Å². The van der Waals surface area contributed by atoms with Gasteiger partial charge in [-0.2, -0.15) is 10.2 Å². The van der Waals surface area contributed by atoms with Gasteiger partial charge < -0.3 is 4.74 Å². The second kappa shape index (κ2) is 8.01. The standard InChI is InChI=1S/C20H19N5O3/c26-25(27)19-8-6-18(7-9-19)24-15-17(14-21-23-10-12-28-13-11-23)20(22-24)16-4-2-1-3-5-16/h1-9,14-15H,10-13H2/b21-14+. The largest absolute Gasteiger partial charge is 0.378 e. The van der Waals surface area contributed by atoms with Gasteiger partial charge in [-0.1, -0.05) is 30.3 Å². The van der Waals surface area contributed by atoms with E-state index in [1.54, 1.807) is 16.8 Å². The molecular formula is C20H19N5O3. The van der Waals surface area contributed by atoms with E-state index in [0.717, 1.165) is 35.6 Å². The maximum Gasteiger partial charge on any atom is 0.269 e. The molecule has 0 bridgehead atoms. The molecule has 8 heteroatoms. The molecule has 0 amide bonds. The van der Waals surface area contributed by atoms with Crippen LogP contribution in [0.5, 0.6) is 0 Å². The Kier molecular flexibility index (Phi) is 5.11. The van der Waals surface area contributed by atoms with Crippen LogP contribution in [0, 0.1) is 10.1 Å². The van der Waals surface area contributed by atoms with Crippen molar-refractivity contribution < 1.29 is 9.66 Å². The lowest BCUT2D eigenvalue weighted by atomic mass is 10.1. The van der Waals surface area contributed by atoms with Crippen LogP contribution in [0.3, 0.4) is 0 Å². The molecule has 1 aromatic heterocycles. The Morgan fingerprint density at radius 2 is 1.79 bits per heavy atom. The number of nitro benzene ring substituents is 1. The van der Waals surface area contributed by atoms with Crippen molar-refractivity contribution in [1.29, 1.82) is 0 Å². The highest BCUT2D eigenvalue weighted by molar-refractivity contribution is 5.88. The summed E-state index contributed by atoms with van der Waals surface area (Å²) in [4.78, 5) is 10.5. The number of ether oxygens (including phenoxy) is 1. The van der Waals surface area contributed by atoms with Crippen LogP contribution in [0.25, 0.3) is 16.9 Å². The van der Waals surface area contributed by atoms with Crippen molar-refractivity contribution >= 4 is 11.9 Å². The van der Waals surface area contributed by atoms with Gasteiger partial charge in [0.15, 0.2) is 0 Å². The summed E-state index contributed by atoms with van der Waals surface area (Å²) >= 11 is 0. The van der Waals surface area contributed by atoms with E-state index in [1.165, 1.54) is 12.1 Å². The molecule has 8 nitrogen and oxygen atoms in total. The molecule has 0 unspecified atom stereocenters. The number of benzene rings is 2. The lowest BCUT2D eigenvalue weighted by Crippen LogP contribution is -2.32. The molecule has 2 aromatic carbocycles. The first kappa shape index (κ1) is 17.9. The molecule has 0 atom stereocenters. The van der Waals surface area contributed by atoms with Crippen molar-refractivity contribution in [3.05, 3.63) is 76.5 Å². The van der Waals surface area contributed by atoms with Crippen LogP contribution in [0.1, 0.15) is 5.56 Å². The van der Waals surface area contributed by atoms with Gasteiger partial charge in [0.25, 0.3) is 5.69 Å². The van der Waals surface area contributed by atoms with Gasteiger partial charge in [-0.15, -0.1) is 0 Å². The average molecular weight is 377 g/mol. The van der Waals surface area contributed by atoms with Gasteiger partial charge in [-0.25, -0.2) is 4.68 Å². The molecule has 0 N–H and O–H groups in total. The first-order valence-electron chi connectivity index (χ1n) is 8.97. The number of hydrazone groups is 1. The SMILES string of the molecule is O=[N+]([O-])c1ccc(-n2cc(/C=N/N3CCOCC3)c(-c3ccccc3)n2)cc1. The molecule has 0 spiro atoms. The smallest absolute Gasteiger partial charge is 0.269 e. The first-order valence-corrected chi connectivity index (χ1v) is 8.97. The van der Waals surface area contributed by atoms with Crippen molar-refractivity contribution in [3.63, 3.8) is 0 Å².